The van der Waals surface area contributed by atoms with Crippen molar-refractivity contribution in [1.82, 2.24) is 4.90 Å². The van der Waals surface area contributed by atoms with Crippen molar-refractivity contribution in [1.29, 1.82) is 0 Å². The van der Waals surface area contributed by atoms with Crippen LogP contribution in [0.2, 0.25) is 0 Å². The summed E-state index contributed by atoms with van der Waals surface area (Å²) in [5.74, 6) is 0.114. The molecule has 0 bridgehead atoms. The van der Waals surface area contributed by atoms with Gasteiger partial charge >= 0.3 is 6.09 Å². The van der Waals surface area contributed by atoms with Crippen LogP contribution in [0, 0.1) is 0 Å². The maximum atomic E-state index is 12.8. The van der Waals surface area contributed by atoms with E-state index in [1.54, 1.807) is 0 Å². The van der Waals surface area contributed by atoms with Gasteiger partial charge in [-0.15, -0.1) is 0 Å². The van der Waals surface area contributed by atoms with Gasteiger partial charge in [-0.2, -0.15) is 0 Å². The number of amides is 1. The summed E-state index contributed by atoms with van der Waals surface area (Å²) < 4.78 is 5.29. The Kier molecular flexibility index (Phi) is 8.39. The molecule has 0 aliphatic carbocycles. The fraction of sp³-hybridized carbons (Fsp3) is 0.286. The number of carbonyl (C=O) groups is 2. The number of nitrogens with zero attached hydrogens (tertiary/aromatic N) is 1. The van der Waals surface area contributed by atoms with Crippen LogP contribution in [0.3, 0.4) is 0 Å². The molecule has 0 atom stereocenters. The summed E-state index contributed by atoms with van der Waals surface area (Å²) in [6, 6.07) is 27.3. The fourth-order valence-corrected chi connectivity index (χ4v) is 3.44. The molecule has 0 aliphatic rings. The molecule has 0 radical (unpaired) electrons. The van der Waals surface area contributed by atoms with E-state index in [9.17, 15) is 9.59 Å². The zero-order chi connectivity index (χ0) is 23.7. The van der Waals surface area contributed by atoms with Gasteiger partial charge in [0.05, 0.1) is 6.54 Å². The van der Waals surface area contributed by atoms with Gasteiger partial charge in [-0.1, -0.05) is 72.8 Å². The zero-order valence-electron chi connectivity index (χ0n) is 19.6. The maximum Gasteiger partial charge on any atom is 0.412 e. The average Bonchev–Trinajstić information content (AvgIpc) is 2.78. The highest BCUT2D eigenvalue weighted by Gasteiger charge is 2.16. The van der Waals surface area contributed by atoms with Gasteiger partial charge in [-0.3, -0.25) is 15.0 Å². The Balaban J connectivity index is 1.61. The monoisotopic (exact) mass is 444 g/mol. The first kappa shape index (κ1) is 24.2. The number of benzene rings is 3. The number of Topliss-reactive ketones (excluding diaryl/α,β-unsaturated/α-hetero) is 1. The van der Waals surface area contributed by atoms with Crippen LogP contribution in [-0.4, -0.2) is 35.5 Å². The number of anilines is 1. The Morgan fingerprint density at radius 1 is 0.818 bits per heavy atom. The molecular weight excluding hydrogens is 412 g/mol. The van der Waals surface area contributed by atoms with Crippen molar-refractivity contribution in [3.8, 4) is 0 Å². The Morgan fingerprint density at radius 2 is 1.42 bits per heavy atom. The molecule has 33 heavy (non-hydrogen) atoms. The molecule has 5 nitrogen and oxygen atoms in total. The molecule has 5 heteroatoms. The third kappa shape index (κ3) is 8.54. The quantitative estimate of drug-likeness (QED) is 0.414. The topological polar surface area (TPSA) is 58.6 Å². The van der Waals surface area contributed by atoms with E-state index >= 15 is 0 Å². The molecule has 3 aromatic carbocycles. The highest BCUT2D eigenvalue weighted by Crippen LogP contribution is 2.15. The molecule has 1 amide bonds. The lowest BCUT2D eigenvalue weighted by molar-refractivity contribution is 0.0635. The van der Waals surface area contributed by atoms with Crippen LogP contribution in [0.1, 0.15) is 42.3 Å². The predicted octanol–water partition coefficient (Wildman–Crippen LogP) is 5.96. The molecule has 0 aromatic heterocycles. The second kappa shape index (κ2) is 11.4. The number of hydrogen-bond donors (Lipinski definition) is 1. The predicted molar refractivity (Wildman–Crippen MR) is 132 cm³/mol. The Bertz CT molecular complexity index is 1030. The van der Waals surface area contributed by atoms with Crippen molar-refractivity contribution in [2.24, 2.45) is 0 Å². The molecule has 1 N–H and O–H groups in total. The summed E-state index contributed by atoms with van der Waals surface area (Å²) in [7, 11) is 0. The van der Waals surface area contributed by atoms with Crippen LogP contribution in [0.4, 0.5) is 10.5 Å². The van der Waals surface area contributed by atoms with Crippen LogP contribution < -0.4 is 5.32 Å². The van der Waals surface area contributed by atoms with Gasteiger partial charge in [0, 0.05) is 24.3 Å². The Labute approximate surface area is 196 Å². The molecule has 3 rings (SSSR count). The summed E-state index contributed by atoms with van der Waals surface area (Å²) in [6.07, 6.45) is 0.324. The van der Waals surface area contributed by atoms with Crippen molar-refractivity contribution >= 4 is 17.6 Å². The van der Waals surface area contributed by atoms with Gasteiger partial charge in [-0.05, 0) is 50.5 Å². The van der Waals surface area contributed by atoms with E-state index in [0.29, 0.717) is 18.8 Å². The van der Waals surface area contributed by atoms with Gasteiger partial charge in [0.15, 0.2) is 5.78 Å². The fourth-order valence-electron chi connectivity index (χ4n) is 3.44. The largest absolute Gasteiger partial charge is 0.444 e. The number of ketones is 1. The zero-order valence-corrected chi connectivity index (χ0v) is 19.6. The Hall–Kier alpha value is -3.44. The highest BCUT2D eigenvalue weighted by molar-refractivity contribution is 5.97. The van der Waals surface area contributed by atoms with Crippen LogP contribution in [0.15, 0.2) is 84.9 Å². The minimum Gasteiger partial charge on any atom is -0.444 e. The second-order valence-corrected chi connectivity index (χ2v) is 9.06. The van der Waals surface area contributed by atoms with Crippen molar-refractivity contribution in [2.45, 2.75) is 39.3 Å². The normalized spacial score (nSPS) is 11.3. The smallest absolute Gasteiger partial charge is 0.412 e. The molecule has 0 aliphatic heterocycles. The third-order valence-electron chi connectivity index (χ3n) is 5.03. The Morgan fingerprint density at radius 3 is 2.03 bits per heavy atom. The summed E-state index contributed by atoms with van der Waals surface area (Å²) in [5, 5.41) is 2.75. The van der Waals surface area contributed by atoms with Crippen LogP contribution in [0.25, 0.3) is 0 Å². The summed E-state index contributed by atoms with van der Waals surface area (Å²) in [5.41, 5.74) is 3.19. The number of nitrogens with one attached hydrogen (secondary N) is 1. The van der Waals surface area contributed by atoms with Crippen LogP contribution >= 0.6 is 0 Å². The molecule has 0 heterocycles. The lowest BCUT2D eigenvalue weighted by Gasteiger charge is -2.22. The SMILES string of the molecule is CC(C)(C)OC(=O)Nc1ccc(CCN(CC(=O)c2ccccc2)Cc2ccccc2)cc1. The second-order valence-electron chi connectivity index (χ2n) is 9.06. The molecule has 0 saturated heterocycles. The highest BCUT2D eigenvalue weighted by atomic mass is 16.6. The molecule has 0 saturated carbocycles. The molecule has 0 unspecified atom stereocenters. The number of ether oxygens (including phenoxy) is 1. The van der Waals surface area contributed by atoms with Gasteiger partial charge in [0.1, 0.15) is 5.60 Å². The molecule has 172 valence electrons. The van der Waals surface area contributed by atoms with E-state index in [1.165, 1.54) is 5.56 Å². The maximum absolute atomic E-state index is 12.8. The van der Waals surface area contributed by atoms with Gasteiger partial charge < -0.3 is 4.74 Å². The minimum absolute atomic E-state index is 0.114. The standard InChI is InChI=1S/C28H32N2O3/c1-28(2,3)33-27(32)29-25-16-14-22(15-17-25)18-19-30(20-23-10-6-4-7-11-23)21-26(31)24-12-8-5-9-13-24/h4-17H,18-21H2,1-3H3,(H,29,32). The third-order valence-corrected chi connectivity index (χ3v) is 5.03. The molecule has 3 aromatic rings. The first-order valence-corrected chi connectivity index (χ1v) is 11.2. The average molecular weight is 445 g/mol. The van der Waals surface area contributed by atoms with Crippen molar-refractivity contribution in [2.75, 3.05) is 18.4 Å². The summed E-state index contributed by atoms with van der Waals surface area (Å²) >= 11 is 0. The minimum atomic E-state index is -0.538. The van der Waals surface area contributed by atoms with Crippen molar-refractivity contribution in [3.63, 3.8) is 0 Å². The van der Waals surface area contributed by atoms with Gasteiger partial charge in [-0.25, -0.2) is 4.79 Å². The van der Waals surface area contributed by atoms with E-state index < -0.39 is 11.7 Å². The lowest BCUT2D eigenvalue weighted by atomic mass is 10.1. The van der Waals surface area contributed by atoms with E-state index in [0.717, 1.165) is 24.1 Å². The first-order valence-electron chi connectivity index (χ1n) is 11.2. The first-order chi connectivity index (χ1) is 15.8. The number of rotatable bonds is 9. The van der Waals surface area contributed by atoms with E-state index in [4.69, 9.17) is 4.74 Å². The van der Waals surface area contributed by atoms with E-state index in [1.807, 2.05) is 93.6 Å². The molecule has 0 fully saturated rings. The number of carbonyl (C=O) groups excluding carboxylic acids is 2. The summed E-state index contributed by atoms with van der Waals surface area (Å²) in [4.78, 5) is 26.9. The van der Waals surface area contributed by atoms with Crippen molar-refractivity contribution < 1.29 is 14.3 Å². The lowest BCUT2D eigenvalue weighted by Crippen LogP contribution is -2.31. The van der Waals surface area contributed by atoms with Crippen molar-refractivity contribution in [3.05, 3.63) is 102 Å². The van der Waals surface area contributed by atoms with Crippen LogP contribution in [-0.2, 0) is 17.7 Å². The van der Waals surface area contributed by atoms with E-state index in [-0.39, 0.29) is 5.78 Å². The number of hydrogen-bond acceptors (Lipinski definition) is 4. The van der Waals surface area contributed by atoms with Crippen LogP contribution in [0.5, 0.6) is 0 Å². The van der Waals surface area contributed by atoms with E-state index in [2.05, 4.69) is 22.3 Å². The van der Waals surface area contributed by atoms with Gasteiger partial charge in [0.25, 0.3) is 0 Å². The van der Waals surface area contributed by atoms with Gasteiger partial charge in [0.2, 0.25) is 0 Å². The summed E-state index contributed by atoms with van der Waals surface area (Å²) in [6.45, 7) is 7.30. The molecular formula is C28H32N2O3. The molecule has 0 spiro atoms.